The Balaban J connectivity index is 2.16. The first-order valence-electron chi connectivity index (χ1n) is 5.95. The number of sulfonamides is 1. The van der Waals surface area contributed by atoms with Gasteiger partial charge in [0.1, 0.15) is 11.9 Å². The van der Waals surface area contributed by atoms with Crippen molar-refractivity contribution < 1.29 is 12.8 Å². The van der Waals surface area contributed by atoms with Gasteiger partial charge in [-0.1, -0.05) is 12.1 Å². The summed E-state index contributed by atoms with van der Waals surface area (Å²) in [6, 6.07) is 12.0. The number of halogens is 1. The molecular formula is C14H12FN3O2S. The Labute approximate surface area is 121 Å². The van der Waals surface area contributed by atoms with Crippen molar-refractivity contribution in [1.82, 2.24) is 0 Å². The number of nitrogens with zero attached hydrogens (tertiary/aromatic N) is 1. The molecule has 0 spiro atoms. The molecular weight excluding hydrogens is 293 g/mol. The van der Waals surface area contributed by atoms with E-state index >= 15 is 0 Å². The summed E-state index contributed by atoms with van der Waals surface area (Å²) in [6.07, 6.45) is 0. The highest BCUT2D eigenvalue weighted by Gasteiger charge is 2.08. The zero-order valence-electron chi connectivity index (χ0n) is 10.9. The van der Waals surface area contributed by atoms with Gasteiger partial charge >= 0.3 is 0 Å². The lowest BCUT2D eigenvalue weighted by molar-refractivity contribution is 0.598. The van der Waals surface area contributed by atoms with Gasteiger partial charge in [0.15, 0.2) is 0 Å². The lowest BCUT2D eigenvalue weighted by Crippen LogP contribution is -2.12. The second kappa shape index (κ2) is 5.91. The topological polar surface area (TPSA) is 96.0 Å². The van der Waals surface area contributed by atoms with E-state index in [-0.39, 0.29) is 10.5 Å². The summed E-state index contributed by atoms with van der Waals surface area (Å²) in [4.78, 5) is 0.00400. The molecule has 2 aromatic rings. The first kappa shape index (κ1) is 15.0. The van der Waals surface area contributed by atoms with Crippen molar-refractivity contribution in [2.75, 3.05) is 5.32 Å². The van der Waals surface area contributed by atoms with E-state index in [9.17, 15) is 12.8 Å². The molecule has 0 bridgehead atoms. The van der Waals surface area contributed by atoms with E-state index in [1.807, 2.05) is 0 Å². The Morgan fingerprint density at radius 1 is 1.24 bits per heavy atom. The van der Waals surface area contributed by atoms with Crippen LogP contribution in [0.2, 0.25) is 0 Å². The molecule has 108 valence electrons. The van der Waals surface area contributed by atoms with Gasteiger partial charge in [-0.3, -0.25) is 0 Å². The van der Waals surface area contributed by atoms with Gasteiger partial charge in [0.25, 0.3) is 0 Å². The third-order valence-corrected chi connectivity index (χ3v) is 3.72. The number of nitrogens with two attached hydrogens (primary N) is 1. The molecule has 2 rings (SSSR count). The van der Waals surface area contributed by atoms with Crippen molar-refractivity contribution in [2.45, 2.75) is 11.4 Å². The minimum absolute atomic E-state index is 0.00400. The molecule has 0 radical (unpaired) electrons. The van der Waals surface area contributed by atoms with Crippen LogP contribution in [0.1, 0.15) is 11.1 Å². The van der Waals surface area contributed by atoms with E-state index in [1.54, 1.807) is 24.3 Å². The predicted molar refractivity (Wildman–Crippen MR) is 76.3 cm³/mol. The summed E-state index contributed by atoms with van der Waals surface area (Å²) in [7, 11) is -3.76. The van der Waals surface area contributed by atoms with Gasteiger partial charge < -0.3 is 5.32 Å². The van der Waals surface area contributed by atoms with Crippen LogP contribution in [0.5, 0.6) is 0 Å². The van der Waals surface area contributed by atoms with Crippen LogP contribution in [0.4, 0.5) is 10.1 Å². The molecule has 0 fully saturated rings. The fourth-order valence-electron chi connectivity index (χ4n) is 1.76. The maximum absolute atomic E-state index is 13.2. The van der Waals surface area contributed by atoms with Crippen molar-refractivity contribution in [1.29, 1.82) is 5.26 Å². The number of anilines is 1. The minimum Gasteiger partial charge on any atom is -0.381 e. The van der Waals surface area contributed by atoms with Crippen LogP contribution >= 0.6 is 0 Å². The molecule has 0 atom stereocenters. The molecule has 2 aromatic carbocycles. The number of hydrogen-bond acceptors (Lipinski definition) is 4. The van der Waals surface area contributed by atoms with Crippen LogP contribution in [0.15, 0.2) is 47.4 Å². The maximum Gasteiger partial charge on any atom is 0.238 e. The molecule has 0 aliphatic heterocycles. The number of benzene rings is 2. The third kappa shape index (κ3) is 3.78. The minimum atomic E-state index is -3.76. The van der Waals surface area contributed by atoms with E-state index in [0.29, 0.717) is 17.8 Å². The largest absolute Gasteiger partial charge is 0.381 e. The Morgan fingerprint density at radius 2 is 2.00 bits per heavy atom. The van der Waals surface area contributed by atoms with Crippen molar-refractivity contribution in [3.8, 4) is 6.07 Å². The average Bonchev–Trinajstić information content (AvgIpc) is 2.46. The molecule has 21 heavy (non-hydrogen) atoms. The highest BCUT2D eigenvalue weighted by Crippen LogP contribution is 2.16. The van der Waals surface area contributed by atoms with Gasteiger partial charge in [-0.05, 0) is 35.9 Å². The van der Waals surface area contributed by atoms with Crippen molar-refractivity contribution in [3.63, 3.8) is 0 Å². The molecule has 0 amide bonds. The van der Waals surface area contributed by atoms with Gasteiger partial charge in [-0.15, -0.1) is 0 Å². The molecule has 0 aliphatic rings. The quantitative estimate of drug-likeness (QED) is 0.902. The summed E-state index contributed by atoms with van der Waals surface area (Å²) in [5, 5.41) is 16.8. The second-order valence-corrected chi connectivity index (χ2v) is 5.91. The van der Waals surface area contributed by atoms with Gasteiger partial charge in [0.2, 0.25) is 10.0 Å². The van der Waals surface area contributed by atoms with Gasteiger partial charge in [-0.2, -0.15) is 5.26 Å². The number of hydrogen-bond donors (Lipinski definition) is 2. The summed E-state index contributed by atoms with van der Waals surface area (Å²) < 4.78 is 35.7. The number of primary sulfonamides is 1. The number of rotatable bonds is 4. The molecule has 0 heterocycles. The van der Waals surface area contributed by atoms with E-state index in [1.165, 1.54) is 24.3 Å². The fraction of sp³-hybridized carbons (Fsp3) is 0.0714. The highest BCUT2D eigenvalue weighted by molar-refractivity contribution is 7.89. The Hall–Kier alpha value is -2.43. The van der Waals surface area contributed by atoms with Gasteiger partial charge in [-0.25, -0.2) is 17.9 Å². The first-order valence-corrected chi connectivity index (χ1v) is 7.50. The van der Waals surface area contributed by atoms with Crippen LogP contribution in [0.25, 0.3) is 0 Å². The molecule has 0 saturated carbocycles. The third-order valence-electron chi connectivity index (χ3n) is 2.81. The van der Waals surface area contributed by atoms with Crippen molar-refractivity contribution >= 4 is 15.7 Å². The average molecular weight is 305 g/mol. The Morgan fingerprint density at radius 3 is 2.67 bits per heavy atom. The molecule has 5 nitrogen and oxygen atoms in total. The normalized spacial score (nSPS) is 10.9. The SMILES string of the molecule is N#Cc1cc(CNc2cccc(S(N)(=O)=O)c2)ccc1F. The predicted octanol–water partition coefficient (Wildman–Crippen LogP) is 1.96. The maximum atomic E-state index is 13.2. The lowest BCUT2D eigenvalue weighted by Gasteiger charge is -2.08. The zero-order valence-corrected chi connectivity index (χ0v) is 11.7. The van der Waals surface area contributed by atoms with Crippen LogP contribution < -0.4 is 10.5 Å². The number of nitriles is 1. The summed E-state index contributed by atoms with van der Waals surface area (Å²) in [5.41, 5.74) is 1.23. The number of nitrogens with one attached hydrogen (secondary N) is 1. The molecule has 3 N–H and O–H groups in total. The lowest BCUT2D eigenvalue weighted by atomic mass is 10.1. The van der Waals surface area contributed by atoms with Gasteiger partial charge in [0, 0.05) is 12.2 Å². The zero-order chi connectivity index (χ0) is 15.5. The Kier molecular flexibility index (Phi) is 4.21. The first-order chi connectivity index (χ1) is 9.90. The summed E-state index contributed by atoms with van der Waals surface area (Å²) >= 11 is 0. The molecule has 0 unspecified atom stereocenters. The molecule has 0 aromatic heterocycles. The van der Waals surface area contributed by atoms with Crippen molar-refractivity contribution in [2.24, 2.45) is 5.14 Å². The molecule has 0 saturated heterocycles. The van der Waals surface area contributed by atoms with E-state index in [0.717, 1.165) is 0 Å². The monoisotopic (exact) mass is 305 g/mol. The smallest absolute Gasteiger partial charge is 0.238 e. The van der Waals surface area contributed by atoms with Crippen LogP contribution in [0, 0.1) is 17.1 Å². The van der Waals surface area contributed by atoms with E-state index < -0.39 is 15.8 Å². The highest BCUT2D eigenvalue weighted by atomic mass is 32.2. The van der Waals surface area contributed by atoms with E-state index in [4.69, 9.17) is 10.4 Å². The Bertz CT molecular complexity index is 813. The molecule has 7 heteroatoms. The van der Waals surface area contributed by atoms with Crippen molar-refractivity contribution in [3.05, 3.63) is 59.4 Å². The molecule has 0 aliphatic carbocycles. The van der Waals surface area contributed by atoms with Gasteiger partial charge in [0.05, 0.1) is 10.5 Å². The van der Waals surface area contributed by atoms with Crippen LogP contribution in [0.3, 0.4) is 0 Å². The van der Waals surface area contributed by atoms with Crippen LogP contribution in [-0.2, 0) is 16.6 Å². The van der Waals surface area contributed by atoms with E-state index in [2.05, 4.69) is 5.32 Å². The summed E-state index contributed by atoms with van der Waals surface area (Å²) in [6.45, 7) is 0.322. The second-order valence-electron chi connectivity index (χ2n) is 4.35. The van der Waals surface area contributed by atoms with Crippen LogP contribution in [-0.4, -0.2) is 8.42 Å². The summed E-state index contributed by atoms with van der Waals surface area (Å²) in [5.74, 6) is -0.572. The standard InChI is InChI=1S/C14H12FN3O2S/c15-14-5-4-10(6-11(14)8-16)9-18-12-2-1-3-13(7-12)21(17,19)20/h1-7,18H,9H2,(H2,17,19,20). The fourth-order valence-corrected chi connectivity index (χ4v) is 2.31.